The van der Waals surface area contributed by atoms with Crippen molar-refractivity contribution in [2.75, 3.05) is 5.32 Å². The van der Waals surface area contributed by atoms with Gasteiger partial charge in [0.1, 0.15) is 6.17 Å². The fourth-order valence-electron chi connectivity index (χ4n) is 2.00. The number of nitrogens with one attached hydrogen (secondary N) is 2. The number of alkyl halides is 6. The van der Waals surface area contributed by atoms with Crippen molar-refractivity contribution in [3.8, 4) is 0 Å². The molecule has 0 saturated carbocycles. The fraction of sp³-hybridized carbons (Fsp3) is 0.188. The van der Waals surface area contributed by atoms with Gasteiger partial charge in [-0.15, -0.1) is 0 Å². The van der Waals surface area contributed by atoms with Crippen molar-refractivity contribution in [2.24, 2.45) is 0 Å². The van der Waals surface area contributed by atoms with Crippen LogP contribution in [0.3, 0.4) is 0 Å². The minimum atomic E-state index is -4.53. The number of benzene rings is 2. The summed E-state index contributed by atoms with van der Waals surface area (Å²) in [6.07, 6.45) is -5.83. The van der Waals surface area contributed by atoms with Gasteiger partial charge in [0.15, 0.2) is 0 Å². The van der Waals surface area contributed by atoms with Crippen molar-refractivity contribution >= 4 is 58.0 Å². The topological polar surface area (TPSA) is 41.1 Å². The minimum Gasteiger partial charge on any atom is -0.362 e. The molecule has 2 rings (SSSR count). The third kappa shape index (κ3) is 5.84. The first-order valence-corrected chi connectivity index (χ1v) is 8.55. The summed E-state index contributed by atoms with van der Waals surface area (Å²) in [6.45, 7) is 0. The van der Waals surface area contributed by atoms with Crippen LogP contribution in [-0.4, -0.2) is 15.9 Å². The monoisotopic (exact) mass is 444 g/mol. The summed E-state index contributed by atoms with van der Waals surface area (Å²) >= 11 is 23.4. The Hall–Kier alpha value is -1.34. The average Bonchev–Trinajstić information content (AvgIpc) is 2.53. The number of anilines is 1. The summed E-state index contributed by atoms with van der Waals surface area (Å²) in [5.41, 5.74) is -0.670. The quantitative estimate of drug-likeness (QED) is 0.454. The first kappa shape index (κ1) is 21.0. The zero-order valence-corrected chi connectivity index (χ0v) is 15.8. The van der Waals surface area contributed by atoms with Gasteiger partial charge in [-0.05, 0) is 36.4 Å². The highest BCUT2D eigenvalue weighted by Crippen LogP contribution is 2.34. The predicted octanol–water partition coefficient (Wildman–Crippen LogP) is 5.90. The van der Waals surface area contributed by atoms with E-state index >= 15 is 0 Å². The van der Waals surface area contributed by atoms with Gasteiger partial charge in [0.2, 0.25) is 3.79 Å². The van der Waals surface area contributed by atoms with Crippen molar-refractivity contribution in [3.05, 3.63) is 64.7 Å². The number of hydrogen-bond donors (Lipinski definition) is 2. The zero-order chi connectivity index (χ0) is 19.5. The summed E-state index contributed by atoms with van der Waals surface area (Å²) in [4.78, 5) is 12.3. The Balaban J connectivity index is 2.22. The van der Waals surface area contributed by atoms with E-state index in [1.807, 2.05) is 0 Å². The third-order valence-electron chi connectivity index (χ3n) is 3.19. The normalized spacial score (nSPS) is 13.2. The Morgan fingerprint density at radius 1 is 1.00 bits per heavy atom. The van der Waals surface area contributed by atoms with E-state index in [9.17, 15) is 18.0 Å². The Morgan fingerprint density at radius 2 is 1.65 bits per heavy atom. The van der Waals surface area contributed by atoms with Crippen molar-refractivity contribution in [3.63, 3.8) is 0 Å². The molecule has 0 radical (unpaired) electrons. The van der Waals surface area contributed by atoms with Crippen LogP contribution in [0.4, 0.5) is 18.9 Å². The van der Waals surface area contributed by atoms with E-state index in [1.54, 1.807) is 12.1 Å². The molecular weight excluding hydrogens is 435 g/mol. The summed E-state index contributed by atoms with van der Waals surface area (Å²) < 4.78 is 36.4. The Kier molecular flexibility index (Phi) is 6.55. The fourth-order valence-corrected chi connectivity index (χ4v) is 2.51. The molecule has 0 saturated heterocycles. The molecule has 1 atom stereocenters. The van der Waals surface area contributed by atoms with Crippen LogP contribution in [0.2, 0.25) is 5.02 Å². The highest BCUT2D eigenvalue weighted by molar-refractivity contribution is 6.68. The molecule has 1 amide bonds. The molecule has 0 aliphatic rings. The number of carbonyl (C=O) groups excluding carboxylic acids is 1. The van der Waals surface area contributed by atoms with Gasteiger partial charge in [-0.2, -0.15) is 13.2 Å². The predicted molar refractivity (Wildman–Crippen MR) is 98.1 cm³/mol. The van der Waals surface area contributed by atoms with E-state index in [1.165, 1.54) is 24.3 Å². The van der Waals surface area contributed by atoms with Crippen LogP contribution in [0.15, 0.2) is 48.5 Å². The van der Waals surface area contributed by atoms with Crippen LogP contribution in [0.5, 0.6) is 0 Å². The van der Waals surface area contributed by atoms with E-state index < -0.39 is 27.6 Å². The van der Waals surface area contributed by atoms with Crippen LogP contribution in [0.25, 0.3) is 0 Å². The van der Waals surface area contributed by atoms with Gasteiger partial charge in [0, 0.05) is 16.3 Å². The Morgan fingerprint density at radius 3 is 2.23 bits per heavy atom. The van der Waals surface area contributed by atoms with Gasteiger partial charge in [-0.3, -0.25) is 4.79 Å². The van der Waals surface area contributed by atoms with Crippen molar-refractivity contribution in [2.45, 2.75) is 16.1 Å². The maximum absolute atomic E-state index is 12.8. The number of rotatable bonds is 4. The first-order chi connectivity index (χ1) is 12.0. The molecule has 0 aliphatic heterocycles. The molecule has 0 spiro atoms. The molecule has 0 unspecified atom stereocenters. The lowest BCUT2D eigenvalue weighted by Gasteiger charge is -2.27. The molecule has 10 heteroatoms. The van der Waals surface area contributed by atoms with Gasteiger partial charge < -0.3 is 10.6 Å². The van der Waals surface area contributed by atoms with Gasteiger partial charge in [0.05, 0.1) is 5.56 Å². The van der Waals surface area contributed by atoms with Crippen LogP contribution in [0.1, 0.15) is 15.9 Å². The van der Waals surface area contributed by atoms with Crippen LogP contribution < -0.4 is 10.6 Å². The maximum Gasteiger partial charge on any atom is 0.416 e. The highest BCUT2D eigenvalue weighted by Gasteiger charge is 2.35. The second kappa shape index (κ2) is 8.13. The number of halogens is 7. The van der Waals surface area contributed by atoms with E-state index in [4.69, 9.17) is 46.4 Å². The van der Waals surface area contributed by atoms with Gasteiger partial charge in [0.25, 0.3) is 5.91 Å². The molecule has 3 nitrogen and oxygen atoms in total. The molecule has 2 aromatic carbocycles. The smallest absolute Gasteiger partial charge is 0.362 e. The van der Waals surface area contributed by atoms with Gasteiger partial charge in [-0.1, -0.05) is 58.5 Å². The van der Waals surface area contributed by atoms with Gasteiger partial charge in [-0.25, -0.2) is 0 Å². The Bertz CT molecular complexity index is 794. The summed E-state index contributed by atoms with van der Waals surface area (Å²) in [5.74, 6) is -0.622. The lowest BCUT2D eigenvalue weighted by Crippen LogP contribution is -2.49. The zero-order valence-electron chi connectivity index (χ0n) is 12.8. The second-order valence-corrected chi connectivity index (χ2v) is 7.99. The highest BCUT2D eigenvalue weighted by atomic mass is 35.6. The molecule has 2 N–H and O–H groups in total. The molecule has 140 valence electrons. The van der Waals surface area contributed by atoms with Crippen LogP contribution >= 0.6 is 46.4 Å². The molecule has 0 bridgehead atoms. The molecular formula is C16H11Cl4F3N2O. The lowest BCUT2D eigenvalue weighted by molar-refractivity contribution is -0.137. The Labute approximate surface area is 167 Å². The van der Waals surface area contributed by atoms with E-state index in [0.29, 0.717) is 5.02 Å². The summed E-state index contributed by atoms with van der Waals surface area (Å²) in [7, 11) is 0. The van der Waals surface area contributed by atoms with E-state index in [0.717, 1.165) is 12.1 Å². The lowest BCUT2D eigenvalue weighted by atomic mass is 10.2. The molecule has 2 aromatic rings. The third-order valence-corrected chi connectivity index (χ3v) is 4.08. The first-order valence-electron chi connectivity index (χ1n) is 7.04. The van der Waals surface area contributed by atoms with Crippen molar-refractivity contribution in [1.29, 1.82) is 0 Å². The summed E-state index contributed by atoms with van der Waals surface area (Å²) in [5, 5.41) is 5.34. The summed E-state index contributed by atoms with van der Waals surface area (Å²) in [6, 6.07) is 10.3. The van der Waals surface area contributed by atoms with Crippen LogP contribution in [-0.2, 0) is 6.18 Å². The number of hydrogen-bond acceptors (Lipinski definition) is 2. The molecule has 0 fully saturated rings. The maximum atomic E-state index is 12.8. The molecule has 0 aliphatic carbocycles. The van der Waals surface area contributed by atoms with E-state index in [2.05, 4.69) is 10.6 Å². The molecule has 0 aromatic heterocycles. The van der Waals surface area contributed by atoms with Crippen molar-refractivity contribution < 1.29 is 18.0 Å². The molecule has 0 heterocycles. The second-order valence-electron chi connectivity index (χ2n) is 5.18. The largest absolute Gasteiger partial charge is 0.416 e. The SMILES string of the molecule is O=C(N[C@@H](Nc1cccc(C(F)(F)F)c1)C(Cl)(Cl)Cl)c1cccc(Cl)c1. The van der Waals surface area contributed by atoms with Crippen molar-refractivity contribution in [1.82, 2.24) is 5.32 Å². The average molecular weight is 446 g/mol. The van der Waals surface area contributed by atoms with Gasteiger partial charge >= 0.3 is 6.18 Å². The minimum absolute atomic E-state index is 0.0162. The van der Waals surface area contributed by atoms with E-state index in [-0.39, 0.29) is 11.3 Å². The number of amides is 1. The number of carbonyl (C=O) groups is 1. The molecule has 26 heavy (non-hydrogen) atoms. The van der Waals surface area contributed by atoms with Crippen LogP contribution in [0, 0.1) is 0 Å². The standard InChI is InChI=1S/C16H11Cl4F3N2O/c17-11-5-1-3-9(7-11)13(26)25-14(15(18,19)20)24-12-6-2-4-10(8-12)16(21,22)23/h1-8,14,24H,(H,25,26)/t14-/m1/s1.